The van der Waals surface area contributed by atoms with Crippen LogP contribution in [0.5, 0.6) is 0 Å². The first-order chi connectivity index (χ1) is 8.13. The lowest BCUT2D eigenvalue weighted by atomic mass is 9.53. The second-order valence-corrected chi connectivity index (χ2v) is 6.30. The SMILES string of the molecule is NC[C@@]1(CC(=O)O)C[C@@H]2CC(CC3CC3)=C[C@@H]21. The number of nitrogens with two attached hydrogens (primary N) is 1. The molecular weight excluding hydrogens is 214 g/mol. The van der Waals surface area contributed by atoms with Gasteiger partial charge in [-0.1, -0.05) is 11.6 Å². The summed E-state index contributed by atoms with van der Waals surface area (Å²) in [5, 5.41) is 9.01. The summed E-state index contributed by atoms with van der Waals surface area (Å²) in [7, 11) is 0. The zero-order chi connectivity index (χ0) is 12.0. The molecule has 2 saturated carbocycles. The van der Waals surface area contributed by atoms with Crippen molar-refractivity contribution in [3.05, 3.63) is 11.6 Å². The number of fused-ring (bicyclic) bond motifs is 1. The van der Waals surface area contributed by atoms with Crippen molar-refractivity contribution in [2.45, 2.75) is 38.5 Å². The topological polar surface area (TPSA) is 63.3 Å². The molecular formula is C14H21NO2. The van der Waals surface area contributed by atoms with Crippen molar-refractivity contribution in [3.63, 3.8) is 0 Å². The first kappa shape index (κ1) is 11.3. The van der Waals surface area contributed by atoms with E-state index < -0.39 is 5.97 Å². The molecule has 3 aliphatic carbocycles. The van der Waals surface area contributed by atoms with Crippen molar-refractivity contribution in [2.75, 3.05) is 6.54 Å². The summed E-state index contributed by atoms with van der Waals surface area (Å²) in [6.07, 6.45) is 8.90. The minimum absolute atomic E-state index is 0.123. The summed E-state index contributed by atoms with van der Waals surface area (Å²) in [6.45, 7) is 0.522. The molecule has 0 aromatic rings. The smallest absolute Gasteiger partial charge is 0.303 e. The van der Waals surface area contributed by atoms with E-state index in [1.165, 1.54) is 25.7 Å². The van der Waals surface area contributed by atoms with E-state index in [2.05, 4.69) is 6.08 Å². The molecule has 3 N–H and O–H groups in total. The van der Waals surface area contributed by atoms with Gasteiger partial charge in [-0.3, -0.25) is 4.79 Å². The van der Waals surface area contributed by atoms with Crippen LogP contribution in [0.25, 0.3) is 0 Å². The van der Waals surface area contributed by atoms with Crippen LogP contribution in [0.3, 0.4) is 0 Å². The fourth-order valence-corrected chi connectivity index (χ4v) is 3.92. The monoisotopic (exact) mass is 235 g/mol. The van der Waals surface area contributed by atoms with Crippen LogP contribution in [-0.2, 0) is 4.79 Å². The van der Waals surface area contributed by atoms with Gasteiger partial charge >= 0.3 is 5.97 Å². The highest BCUT2D eigenvalue weighted by atomic mass is 16.4. The predicted octanol–water partition coefficient (Wildman–Crippen LogP) is 2.17. The van der Waals surface area contributed by atoms with E-state index in [0.29, 0.717) is 18.4 Å². The van der Waals surface area contributed by atoms with Crippen LogP contribution < -0.4 is 5.73 Å². The van der Waals surface area contributed by atoms with Gasteiger partial charge in [0.1, 0.15) is 0 Å². The lowest BCUT2D eigenvalue weighted by molar-refractivity contribution is -0.144. The summed E-state index contributed by atoms with van der Waals surface area (Å²) in [6, 6.07) is 0. The zero-order valence-corrected chi connectivity index (χ0v) is 10.2. The van der Waals surface area contributed by atoms with Crippen LogP contribution in [-0.4, -0.2) is 17.6 Å². The number of carboxylic acid groups (broad SMARTS) is 1. The summed E-state index contributed by atoms with van der Waals surface area (Å²) in [4.78, 5) is 10.9. The Hall–Kier alpha value is -0.830. The van der Waals surface area contributed by atoms with Gasteiger partial charge in [0, 0.05) is 0 Å². The Balaban J connectivity index is 1.69. The Morgan fingerprint density at radius 3 is 2.88 bits per heavy atom. The van der Waals surface area contributed by atoms with Crippen molar-refractivity contribution in [1.82, 2.24) is 0 Å². The lowest BCUT2D eigenvalue weighted by Gasteiger charge is -2.51. The van der Waals surface area contributed by atoms with Gasteiger partial charge < -0.3 is 10.8 Å². The van der Waals surface area contributed by atoms with Crippen LogP contribution in [0.2, 0.25) is 0 Å². The molecule has 3 rings (SSSR count). The number of carboxylic acids is 1. The van der Waals surface area contributed by atoms with Gasteiger partial charge in [0.25, 0.3) is 0 Å². The maximum absolute atomic E-state index is 10.9. The maximum Gasteiger partial charge on any atom is 0.303 e. The van der Waals surface area contributed by atoms with Gasteiger partial charge in [-0.05, 0) is 61.8 Å². The molecule has 17 heavy (non-hydrogen) atoms. The molecule has 3 aliphatic rings. The second-order valence-electron chi connectivity index (χ2n) is 6.30. The molecule has 3 atom stereocenters. The third kappa shape index (κ3) is 1.90. The van der Waals surface area contributed by atoms with Crippen LogP contribution in [0.15, 0.2) is 11.6 Å². The standard InChI is InChI=1S/C14H21NO2/c15-8-14(7-13(16)17)6-11-4-10(5-12(11)14)3-9-1-2-9/h5,9,11-12H,1-4,6-8,15H2,(H,16,17)/t11-,12-,14-/m0/s1. The minimum atomic E-state index is -0.696. The number of hydrogen-bond donors (Lipinski definition) is 2. The van der Waals surface area contributed by atoms with E-state index in [1.807, 2.05) is 0 Å². The van der Waals surface area contributed by atoms with Crippen LogP contribution in [0.4, 0.5) is 0 Å². The van der Waals surface area contributed by atoms with Gasteiger partial charge in [0.15, 0.2) is 0 Å². The van der Waals surface area contributed by atoms with E-state index in [-0.39, 0.29) is 11.8 Å². The highest BCUT2D eigenvalue weighted by Gasteiger charge is 2.55. The quantitative estimate of drug-likeness (QED) is 0.718. The molecule has 3 heteroatoms. The fraction of sp³-hybridized carbons (Fsp3) is 0.786. The van der Waals surface area contributed by atoms with Crippen LogP contribution in [0.1, 0.15) is 38.5 Å². The number of hydrogen-bond acceptors (Lipinski definition) is 2. The Bertz CT molecular complexity index is 372. The molecule has 0 amide bonds. The minimum Gasteiger partial charge on any atom is -0.481 e. The predicted molar refractivity (Wildman–Crippen MR) is 65.4 cm³/mol. The second kappa shape index (κ2) is 3.84. The first-order valence-electron chi connectivity index (χ1n) is 6.74. The van der Waals surface area contributed by atoms with Crippen molar-refractivity contribution in [3.8, 4) is 0 Å². The van der Waals surface area contributed by atoms with Gasteiger partial charge in [-0.25, -0.2) is 0 Å². The molecule has 0 unspecified atom stereocenters. The summed E-state index contributed by atoms with van der Waals surface area (Å²) < 4.78 is 0. The highest BCUT2D eigenvalue weighted by Crippen LogP contribution is 2.60. The Morgan fingerprint density at radius 1 is 1.53 bits per heavy atom. The average molecular weight is 235 g/mol. The summed E-state index contributed by atoms with van der Waals surface area (Å²) in [5.41, 5.74) is 7.30. The summed E-state index contributed by atoms with van der Waals surface area (Å²) in [5.74, 6) is 1.40. The molecule has 0 heterocycles. The van der Waals surface area contributed by atoms with Gasteiger partial charge in [-0.15, -0.1) is 0 Å². The van der Waals surface area contributed by atoms with E-state index in [1.54, 1.807) is 5.57 Å². The van der Waals surface area contributed by atoms with Gasteiger partial charge in [-0.2, -0.15) is 0 Å². The Labute approximate surface area is 102 Å². The molecule has 0 aromatic carbocycles. The third-order valence-electron chi connectivity index (χ3n) is 4.98. The normalized spacial score (nSPS) is 39.5. The number of carbonyl (C=O) groups is 1. The van der Waals surface area contributed by atoms with Gasteiger partial charge in [0.2, 0.25) is 0 Å². The van der Waals surface area contributed by atoms with Crippen molar-refractivity contribution in [2.24, 2.45) is 28.9 Å². The molecule has 0 aliphatic heterocycles. The number of allylic oxidation sites excluding steroid dienone is 2. The largest absolute Gasteiger partial charge is 0.481 e. The van der Waals surface area contributed by atoms with E-state index in [4.69, 9.17) is 10.8 Å². The fourth-order valence-electron chi connectivity index (χ4n) is 3.92. The van der Waals surface area contributed by atoms with Crippen LogP contribution in [0, 0.1) is 23.2 Å². The maximum atomic E-state index is 10.9. The van der Waals surface area contributed by atoms with E-state index >= 15 is 0 Å². The molecule has 94 valence electrons. The third-order valence-corrected chi connectivity index (χ3v) is 4.98. The van der Waals surface area contributed by atoms with Gasteiger partial charge in [0.05, 0.1) is 6.42 Å². The Kier molecular flexibility index (Phi) is 2.54. The zero-order valence-electron chi connectivity index (χ0n) is 10.2. The van der Waals surface area contributed by atoms with Crippen molar-refractivity contribution < 1.29 is 9.90 Å². The molecule has 0 bridgehead atoms. The number of rotatable bonds is 5. The van der Waals surface area contributed by atoms with E-state index in [0.717, 1.165) is 12.3 Å². The molecule has 0 spiro atoms. The average Bonchev–Trinajstić information content (AvgIpc) is 3.00. The molecule has 0 saturated heterocycles. The highest BCUT2D eigenvalue weighted by molar-refractivity contribution is 5.68. The summed E-state index contributed by atoms with van der Waals surface area (Å²) >= 11 is 0. The molecule has 0 aromatic heterocycles. The molecule has 3 nitrogen and oxygen atoms in total. The lowest BCUT2D eigenvalue weighted by Crippen LogP contribution is -2.51. The Morgan fingerprint density at radius 2 is 2.29 bits per heavy atom. The van der Waals surface area contributed by atoms with Crippen molar-refractivity contribution in [1.29, 1.82) is 0 Å². The molecule has 0 radical (unpaired) electrons. The number of aliphatic carboxylic acids is 1. The van der Waals surface area contributed by atoms with E-state index in [9.17, 15) is 4.79 Å². The first-order valence-corrected chi connectivity index (χ1v) is 6.74. The van der Waals surface area contributed by atoms with Crippen molar-refractivity contribution >= 4 is 5.97 Å². The van der Waals surface area contributed by atoms with Crippen LogP contribution >= 0.6 is 0 Å². The molecule has 2 fully saturated rings.